The average molecular weight is 308 g/mol. The predicted molar refractivity (Wildman–Crippen MR) is 82.5 cm³/mol. The molecule has 112 valence electrons. The number of hydrogen-bond donors (Lipinski definition) is 3. The highest BCUT2D eigenvalue weighted by Gasteiger charge is 2.03. The molecular formula is C14H16N2O4S. The summed E-state index contributed by atoms with van der Waals surface area (Å²) >= 11 is 4.97. The summed E-state index contributed by atoms with van der Waals surface area (Å²) in [4.78, 5) is 22.5. The summed E-state index contributed by atoms with van der Waals surface area (Å²) in [6.45, 7) is 1.83. The van der Waals surface area contributed by atoms with Crippen molar-refractivity contribution in [1.82, 2.24) is 5.32 Å². The van der Waals surface area contributed by atoms with Crippen LogP contribution in [0.4, 0.5) is 5.69 Å². The Morgan fingerprint density at radius 3 is 2.81 bits per heavy atom. The number of carbonyl (C=O) groups is 2. The molecular weight excluding hydrogens is 292 g/mol. The van der Waals surface area contributed by atoms with Gasteiger partial charge < -0.3 is 15.2 Å². The van der Waals surface area contributed by atoms with Gasteiger partial charge in [-0.2, -0.15) is 0 Å². The maximum Gasteiger partial charge on any atom is 0.330 e. The molecule has 0 fully saturated rings. The molecule has 1 rings (SSSR count). The fraction of sp³-hybridized carbons (Fsp3) is 0.214. The molecule has 0 atom stereocenters. The van der Waals surface area contributed by atoms with Gasteiger partial charge in [-0.3, -0.25) is 10.1 Å². The lowest BCUT2D eigenvalue weighted by Gasteiger charge is -2.08. The van der Waals surface area contributed by atoms with Crippen LogP contribution in [0.3, 0.4) is 0 Å². The minimum atomic E-state index is -0.595. The van der Waals surface area contributed by atoms with Gasteiger partial charge in [-0.05, 0) is 36.8 Å². The van der Waals surface area contributed by atoms with E-state index in [1.165, 1.54) is 0 Å². The Kier molecular flexibility index (Phi) is 7.06. The lowest BCUT2D eigenvalue weighted by atomic mass is 10.2. The van der Waals surface area contributed by atoms with Crippen molar-refractivity contribution in [3.05, 3.63) is 42.0 Å². The van der Waals surface area contributed by atoms with E-state index in [1.807, 2.05) is 0 Å². The molecule has 21 heavy (non-hydrogen) atoms. The van der Waals surface area contributed by atoms with Crippen molar-refractivity contribution in [3.63, 3.8) is 0 Å². The Bertz CT molecular complexity index is 558. The number of esters is 1. The van der Waals surface area contributed by atoms with Crippen LogP contribution in [0.1, 0.15) is 12.5 Å². The largest absolute Gasteiger partial charge is 0.463 e. The van der Waals surface area contributed by atoms with Gasteiger partial charge in [0.2, 0.25) is 5.91 Å². The Balaban J connectivity index is 2.49. The highest BCUT2D eigenvalue weighted by atomic mass is 32.1. The Morgan fingerprint density at radius 2 is 2.14 bits per heavy atom. The van der Waals surface area contributed by atoms with Crippen molar-refractivity contribution in [2.24, 2.45) is 0 Å². The van der Waals surface area contributed by atoms with Crippen molar-refractivity contribution in [3.8, 4) is 0 Å². The number of hydrogen-bond acceptors (Lipinski definition) is 5. The molecule has 1 aromatic carbocycles. The van der Waals surface area contributed by atoms with Crippen molar-refractivity contribution < 1.29 is 19.4 Å². The molecule has 0 spiro atoms. The van der Waals surface area contributed by atoms with Gasteiger partial charge in [-0.1, -0.05) is 12.1 Å². The molecule has 0 aliphatic heterocycles. The summed E-state index contributed by atoms with van der Waals surface area (Å²) in [5.74, 6) is -1.14. The van der Waals surface area contributed by atoms with Gasteiger partial charge in [0.1, 0.15) is 0 Å². The number of aliphatic hydroxyl groups excluding tert-OH is 1. The number of amides is 1. The maximum atomic E-state index is 11.5. The van der Waals surface area contributed by atoms with Crippen LogP contribution in [0, 0.1) is 0 Å². The molecule has 6 nitrogen and oxygen atoms in total. The van der Waals surface area contributed by atoms with E-state index in [0.29, 0.717) is 5.69 Å². The Morgan fingerprint density at radius 1 is 1.38 bits per heavy atom. The van der Waals surface area contributed by atoms with Crippen LogP contribution in [0.15, 0.2) is 36.4 Å². The van der Waals surface area contributed by atoms with E-state index in [1.54, 1.807) is 31.2 Å². The molecule has 0 aliphatic rings. The van der Waals surface area contributed by atoms with Crippen LogP contribution < -0.4 is 10.6 Å². The molecule has 0 bridgehead atoms. The van der Waals surface area contributed by atoms with Gasteiger partial charge in [0.05, 0.1) is 13.2 Å². The van der Waals surface area contributed by atoms with E-state index in [0.717, 1.165) is 17.7 Å². The zero-order valence-electron chi connectivity index (χ0n) is 11.5. The number of carbonyl (C=O) groups excluding carboxylic acids is 2. The monoisotopic (exact) mass is 308 g/mol. The first-order valence-electron chi connectivity index (χ1n) is 6.21. The van der Waals surface area contributed by atoms with Gasteiger partial charge in [0.25, 0.3) is 0 Å². The standard InChI is InChI=1S/C14H16N2O4S/c1-2-20-13(19)7-6-12(18)16-14(21)15-11-5-3-4-10(8-11)9-17/h3-8,17H,2,9H2,1H3,(H2,15,16,18,21). The van der Waals surface area contributed by atoms with Gasteiger partial charge >= 0.3 is 5.97 Å². The quantitative estimate of drug-likeness (QED) is 0.429. The SMILES string of the molecule is CCOC(=O)C=CC(=O)NC(=S)Nc1cccc(CO)c1. The van der Waals surface area contributed by atoms with Crippen molar-refractivity contribution in [2.45, 2.75) is 13.5 Å². The number of rotatable bonds is 5. The van der Waals surface area contributed by atoms with Crippen LogP contribution in [0.25, 0.3) is 0 Å². The summed E-state index contributed by atoms with van der Waals surface area (Å²) in [6.07, 6.45) is 2.06. The zero-order chi connectivity index (χ0) is 15.7. The third-order valence-electron chi connectivity index (χ3n) is 2.26. The first-order chi connectivity index (χ1) is 10.0. The third kappa shape index (κ3) is 6.64. The van der Waals surface area contributed by atoms with Crippen LogP contribution in [-0.2, 0) is 20.9 Å². The van der Waals surface area contributed by atoms with Gasteiger partial charge in [-0.25, -0.2) is 4.79 Å². The second-order valence-corrected chi connectivity index (χ2v) is 4.30. The summed E-state index contributed by atoms with van der Waals surface area (Å²) in [7, 11) is 0. The number of benzene rings is 1. The molecule has 1 aromatic rings. The summed E-state index contributed by atoms with van der Waals surface area (Å²) in [5, 5.41) is 14.3. The second-order valence-electron chi connectivity index (χ2n) is 3.89. The summed E-state index contributed by atoms with van der Waals surface area (Å²) in [6, 6.07) is 6.95. The topological polar surface area (TPSA) is 87.7 Å². The number of aliphatic hydroxyl groups is 1. The molecule has 0 saturated heterocycles. The van der Waals surface area contributed by atoms with E-state index in [9.17, 15) is 9.59 Å². The Hall–Kier alpha value is -2.25. The number of anilines is 1. The Labute approximate surface area is 127 Å². The van der Waals surface area contributed by atoms with Crippen molar-refractivity contribution >= 4 is 34.9 Å². The van der Waals surface area contributed by atoms with Crippen LogP contribution in [0.5, 0.6) is 0 Å². The fourth-order valence-corrected chi connectivity index (χ4v) is 1.62. The zero-order valence-corrected chi connectivity index (χ0v) is 12.3. The summed E-state index contributed by atoms with van der Waals surface area (Å²) < 4.78 is 4.64. The molecule has 0 unspecified atom stereocenters. The van der Waals surface area contributed by atoms with Gasteiger partial charge in [0.15, 0.2) is 5.11 Å². The van der Waals surface area contributed by atoms with Gasteiger partial charge in [-0.15, -0.1) is 0 Å². The number of ether oxygens (including phenoxy) is 1. The minimum absolute atomic E-state index is 0.0864. The third-order valence-corrected chi connectivity index (χ3v) is 2.47. The van der Waals surface area contributed by atoms with Crippen LogP contribution in [0.2, 0.25) is 0 Å². The second kappa shape index (κ2) is 8.83. The first kappa shape index (κ1) is 16.8. The molecule has 0 radical (unpaired) electrons. The molecule has 0 aliphatic carbocycles. The van der Waals surface area contributed by atoms with Gasteiger partial charge in [0, 0.05) is 17.8 Å². The lowest BCUT2D eigenvalue weighted by molar-refractivity contribution is -0.137. The van der Waals surface area contributed by atoms with E-state index in [2.05, 4.69) is 15.4 Å². The predicted octanol–water partition coefficient (Wildman–Crippen LogP) is 1.11. The van der Waals surface area contributed by atoms with E-state index in [4.69, 9.17) is 17.3 Å². The van der Waals surface area contributed by atoms with E-state index < -0.39 is 11.9 Å². The average Bonchev–Trinajstić information content (AvgIpc) is 2.45. The van der Waals surface area contributed by atoms with Crippen molar-refractivity contribution in [2.75, 3.05) is 11.9 Å². The molecule has 0 aromatic heterocycles. The number of nitrogens with one attached hydrogen (secondary N) is 2. The van der Waals surface area contributed by atoms with E-state index >= 15 is 0 Å². The molecule has 1 amide bonds. The molecule has 0 saturated carbocycles. The molecule has 0 heterocycles. The normalized spacial score (nSPS) is 10.2. The first-order valence-corrected chi connectivity index (χ1v) is 6.62. The highest BCUT2D eigenvalue weighted by molar-refractivity contribution is 7.80. The highest BCUT2D eigenvalue weighted by Crippen LogP contribution is 2.10. The lowest BCUT2D eigenvalue weighted by Crippen LogP contribution is -2.33. The molecule has 3 N–H and O–H groups in total. The van der Waals surface area contributed by atoms with Crippen molar-refractivity contribution in [1.29, 1.82) is 0 Å². The smallest absolute Gasteiger partial charge is 0.330 e. The maximum absolute atomic E-state index is 11.5. The fourth-order valence-electron chi connectivity index (χ4n) is 1.40. The molecule has 7 heteroatoms. The summed E-state index contributed by atoms with van der Waals surface area (Å²) in [5.41, 5.74) is 1.36. The minimum Gasteiger partial charge on any atom is -0.463 e. The van der Waals surface area contributed by atoms with Crippen LogP contribution in [-0.4, -0.2) is 28.7 Å². The van der Waals surface area contributed by atoms with E-state index in [-0.39, 0.29) is 18.3 Å². The number of thiocarbonyl (C=S) groups is 1. The van der Waals surface area contributed by atoms with Crippen LogP contribution >= 0.6 is 12.2 Å².